The molecule has 1 saturated carbocycles. The van der Waals surface area contributed by atoms with E-state index in [1.165, 1.54) is 34.3 Å². The molecule has 1 aliphatic rings. The van der Waals surface area contributed by atoms with Crippen LogP contribution >= 0.6 is 7.26 Å². The minimum Gasteiger partial charge on any atom is -1.00 e. The zero-order valence-corrected chi connectivity index (χ0v) is 29.8. The monoisotopic (exact) mass is 690 g/mol. The fraction of sp³-hybridized carbons (Fsp3) is 0.209. The number of halogens is 1. The van der Waals surface area contributed by atoms with Crippen molar-refractivity contribution in [2.75, 3.05) is 0 Å². The SMILES string of the molecule is CCCC.O=C([O-])C1CC(=Cc2ccccc2)CC1C(=O)[O-].[Cl-].c1ccc(C[P+](c2ccccc2)(c2ccccc2)c2ccccc2)cc1. The Bertz CT molecular complexity index is 1590. The Kier molecular flexibility index (Phi) is 16.0. The maximum atomic E-state index is 10.9. The molecule has 1 aliphatic carbocycles. The van der Waals surface area contributed by atoms with Gasteiger partial charge in [0.2, 0.25) is 0 Å². The topological polar surface area (TPSA) is 80.3 Å². The summed E-state index contributed by atoms with van der Waals surface area (Å²) in [7, 11) is -1.78. The first-order chi connectivity index (χ1) is 23.4. The summed E-state index contributed by atoms with van der Waals surface area (Å²) in [6, 6.07) is 53.4. The maximum Gasteiger partial charge on any atom is 0.116 e. The van der Waals surface area contributed by atoms with E-state index in [0.717, 1.165) is 17.3 Å². The number of hydrogen-bond acceptors (Lipinski definition) is 4. The summed E-state index contributed by atoms with van der Waals surface area (Å²) in [4.78, 5) is 21.8. The van der Waals surface area contributed by atoms with Crippen molar-refractivity contribution in [1.29, 1.82) is 0 Å². The van der Waals surface area contributed by atoms with Gasteiger partial charge in [-0.2, -0.15) is 0 Å². The highest BCUT2D eigenvalue weighted by Gasteiger charge is 2.45. The average Bonchev–Trinajstić information content (AvgIpc) is 3.58. The van der Waals surface area contributed by atoms with Crippen LogP contribution in [0.1, 0.15) is 50.7 Å². The van der Waals surface area contributed by atoms with E-state index in [4.69, 9.17) is 0 Å². The zero-order valence-electron chi connectivity index (χ0n) is 28.2. The van der Waals surface area contributed by atoms with E-state index in [-0.39, 0.29) is 25.2 Å². The number of carboxylic acid groups (broad SMARTS) is 2. The quantitative estimate of drug-likeness (QED) is 0.222. The molecule has 0 heterocycles. The molecule has 49 heavy (non-hydrogen) atoms. The van der Waals surface area contributed by atoms with Gasteiger partial charge in [-0.05, 0) is 60.4 Å². The molecule has 0 radical (unpaired) electrons. The molecular weight excluding hydrogens is 647 g/mol. The fourth-order valence-electron chi connectivity index (χ4n) is 5.96. The van der Waals surface area contributed by atoms with Crippen molar-refractivity contribution in [3.8, 4) is 0 Å². The Morgan fingerprint density at radius 3 is 1.22 bits per heavy atom. The molecule has 2 atom stereocenters. The van der Waals surface area contributed by atoms with Crippen LogP contribution in [0.25, 0.3) is 6.08 Å². The Morgan fingerprint density at radius 2 is 0.898 bits per heavy atom. The van der Waals surface area contributed by atoms with Crippen molar-refractivity contribution in [2.45, 2.75) is 45.7 Å². The van der Waals surface area contributed by atoms with Crippen molar-refractivity contribution in [1.82, 2.24) is 0 Å². The number of hydrogen-bond donors (Lipinski definition) is 0. The first kappa shape index (κ1) is 38.9. The second-order valence-corrected chi connectivity index (χ2v) is 15.4. The van der Waals surface area contributed by atoms with E-state index in [1.54, 1.807) is 0 Å². The molecule has 0 bridgehead atoms. The van der Waals surface area contributed by atoms with Gasteiger partial charge in [-0.25, -0.2) is 0 Å². The number of carbonyl (C=O) groups excluding carboxylic acids is 2. The summed E-state index contributed by atoms with van der Waals surface area (Å²) in [6.45, 7) is 4.36. The van der Waals surface area contributed by atoms with E-state index in [0.29, 0.717) is 0 Å². The van der Waals surface area contributed by atoms with Crippen molar-refractivity contribution in [3.05, 3.63) is 168 Å². The van der Waals surface area contributed by atoms with Gasteiger partial charge in [-0.15, -0.1) is 0 Å². The normalized spacial score (nSPS) is 14.9. The lowest BCUT2D eigenvalue weighted by Gasteiger charge is -2.27. The first-order valence-corrected chi connectivity index (χ1v) is 18.6. The molecular formula is C43H44ClO4P-2. The van der Waals surface area contributed by atoms with E-state index in [2.05, 4.69) is 135 Å². The van der Waals surface area contributed by atoms with Crippen molar-refractivity contribution < 1.29 is 32.2 Å². The minimum atomic E-state index is -1.78. The van der Waals surface area contributed by atoms with Crippen LogP contribution in [0.15, 0.2) is 157 Å². The Morgan fingerprint density at radius 1 is 0.571 bits per heavy atom. The predicted octanol–water partition coefficient (Wildman–Crippen LogP) is 3.59. The summed E-state index contributed by atoms with van der Waals surface area (Å²) >= 11 is 0. The molecule has 4 nitrogen and oxygen atoms in total. The molecule has 0 spiro atoms. The lowest BCUT2D eigenvalue weighted by Crippen LogP contribution is -3.00. The molecule has 5 aromatic rings. The zero-order chi connectivity index (χ0) is 34.2. The first-order valence-electron chi connectivity index (χ1n) is 16.6. The van der Waals surface area contributed by atoms with Crippen LogP contribution in [0.5, 0.6) is 0 Å². The van der Waals surface area contributed by atoms with Crippen LogP contribution < -0.4 is 38.5 Å². The number of carboxylic acids is 2. The molecule has 0 amide bonds. The van der Waals surface area contributed by atoms with Gasteiger partial charge in [-0.1, -0.05) is 154 Å². The van der Waals surface area contributed by atoms with Crippen LogP contribution in [-0.4, -0.2) is 11.9 Å². The molecule has 0 saturated heterocycles. The second-order valence-electron chi connectivity index (χ2n) is 11.9. The molecule has 0 aliphatic heterocycles. The van der Waals surface area contributed by atoms with Gasteiger partial charge in [0.25, 0.3) is 0 Å². The summed E-state index contributed by atoms with van der Waals surface area (Å²) in [5, 5.41) is 26.1. The summed E-state index contributed by atoms with van der Waals surface area (Å²) < 4.78 is 0. The third-order valence-corrected chi connectivity index (χ3v) is 13.0. The van der Waals surface area contributed by atoms with Crippen LogP contribution in [-0.2, 0) is 15.8 Å². The third-order valence-electron chi connectivity index (χ3n) is 8.58. The maximum absolute atomic E-state index is 10.9. The highest BCUT2D eigenvalue weighted by Crippen LogP contribution is 2.58. The van der Waals surface area contributed by atoms with Crippen LogP contribution in [0.2, 0.25) is 0 Å². The number of unbranched alkanes of at least 4 members (excludes halogenated alkanes) is 1. The van der Waals surface area contributed by atoms with Crippen LogP contribution in [0.4, 0.5) is 0 Å². The smallest absolute Gasteiger partial charge is 0.116 e. The highest BCUT2D eigenvalue weighted by atomic mass is 35.5. The number of rotatable bonds is 9. The van der Waals surface area contributed by atoms with Crippen LogP contribution in [0.3, 0.4) is 0 Å². The van der Waals surface area contributed by atoms with E-state index < -0.39 is 31.0 Å². The lowest BCUT2D eigenvalue weighted by molar-refractivity contribution is -0.325. The molecule has 2 unspecified atom stereocenters. The third kappa shape index (κ3) is 10.7. The van der Waals surface area contributed by atoms with Crippen molar-refractivity contribution in [3.63, 3.8) is 0 Å². The van der Waals surface area contributed by atoms with Gasteiger partial charge in [0, 0.05) is 23.8 Å². The van der Waals surface area contributed by atoms with Gasteiger partial charge in [-0.3, -0.25) is 0 Å². The number of aliphatic carboxylic acids is 2. The number of allylic oxidation sites excluding steroid dienone is 1. The summed E-state index contributed by atoms with van der Waals surface area (Å²) in [5.74, 6) is -4.60. The van der Waals surface area contributed by atoms with Gasteiger partial charge in [0.05, 0.1) is 6.16 Å². The molecule has 5 aromatic carbocycles. The number of benzene rings is 5. The molecule has 0 N–H and O–H groups in total. The number of carbonyl (C=O) groups is 2. The highest BCUT2D eigenvalue weighted by molar-refractivity contribution is 7.95. The minimum absolute atomic E-state index is 0. The Labute approximate surface area is 298 Å². The fourth-order valence-corrected chi connectivity index (χ4v) is 10.2. The molecule has 6 rings (SSSR count). The van der Waals surface area contributed by atoms with E-state index >= 15 is 0 Å². The van der Waals surface area contributed by atoms with Crippen LogP contribution in [0, 0.1) is 11.8 Å². The van der Waals surface area contributed by atoms with Crippen molar-refractivity contribution in [2.24, 2.45) is 11.8 Å². The van der Waals surface area contributed by atoms with E-state index in [1.807, 2.05) is 36.4 Å². The summed E-state index contributed by atoms with van der Waals surface area (Å²) in [6.07, 6.45) is 5.94. The van der Waals surface area contributed by atoms with Crippen molar-refractivity contribution >= 4 is 41.2 Å². The molecule has 0 aromatic heterocycles. The van der Waals surface area contributed by atoms with Gasteiger partial charge in [0.15, 0.2) is 0 Å². The Balaban J connectivity index is 0.000000247. The lowest BCUT2D eigenvalue weighted by atomic mass is 9.97. The molecule has 6 heteroatoms. The largest absolute Gasteiger partial charge is 1.00 e. The van der Waals surface area contributed by atoms with Gasteiger partial charge in [0.1, 0.15) is 23.2 Å². The standard InChI is InChI=1S/C25H22P.C14H14O4.C4H10.ClH/c1-5-13-22(14-6-1)21-26(23-15-7-2-8-16-23,24-17-9-3-10-18-24)25-19-11-4-12-20-25;15-13(16)11-7-10(8-12(11)14(17)18)6-9-4-2-1-3-5-9;1-3-4-2;/h1-20H,21H2;1-6,11-12H,7-8H2,(H,15,16)(H,17,18);3-4H2,1-2H3;1H/q+1;;;/p-3. The predicted molar refractivity (Wildman–Crippen MR) is 197 cm³/mol. The molecule has 1 fully saturated rings. The molecule has 254 valence electrons. The Hall–Kier alpha value is -4.50. The van der Waals surface area contributed by atoms with Gasteiger partial charge < -0.3 is 32.2 Å². The van der Waals surface area contributed by atoms with Gasteiger partial charge >= 0.3 is 0 Å². The average molecular weight is 691 g/mol. The second kappa shape index (κ2) is 20.1. The van der Waals surface area contributed by atoms with E-state index in [9.17, 15) is 19.8 Å². The summed E-state index contributed by atoms with van der Waals surface area (Å²) in [5.41, 5.74) is 3.13.